The lowest BCUT2D eigenvalue weighted by molar-refractivity contribution is -0.136. The molecule has 1 aliphatic carbocycles. The maximum atomic E-state index is 12.3. The predicted octanol–water partition coefficient (Wildman–Crippen LogP) is 4.56. The maximum absolute atomic E-state index is 12.3. The second-order valence-electron chi connectivity index (χ2n) is 10.0. The minimum Gasteiger partial charge on any atom is -0.506 e. The van der Waals surface area contributed by atoms with E-state index in [1.807, 2.05) is 0 Å². The number of phenols is 2. The topological polar surface area (TPSA) is 247 Å². The average Bonchev–Trinajstić information content (AvgIpc) is 3.00. The van der Waals surface area contributed by atoms with E-state index in [-0.39, 0.29) is 40.4 Å². The number of aromatic carboxylic acids is 2. The first-order valence-electron chi connectivity index (χ1n) is 13.3. The van der Waals surface area contributed by atoms with E-state index in [9.17, 15) is 47.8 Å². The summed E-state index contributed by atoms with van der Waals surface area (Å²) in [6.45, 7) is 0.0791. The Morgan fingerprint density at radius 3 is 2.37 bits per heavy atom. The summed E-state index contributed by atoms with van der Waals surface area (Å²) in [7, 11) is -4.92. The third kappa shape index (κ3) is 6.15. The molecule has 7 N–H and O–H groups in total. The van der Waals surface area contributed by atoms with Crippen molar-refractivity contribution in [3.63, 3.8) is 0 Å². The van der Waals surface area contributed by atoms with Crippen LogP contribution >= 0.6 is 0 Å². The van der Waals surface area contributed by atoms with E-state index >= 15 is 0 Å². The smallest absolute Gasteiger partial charge is 0.339 e. The van der Waals surface area contributed by atoms with Crippen LogP contribution in [0.2, 0.25) is 0 Å². The zero-order chi connectivity index (χ0) is 33.3. The van der Waals surface area contributed by atoms with Crippen LogP contribution in [0.25, 0.3) is 16.3 Å². The van der Waals surface area contributed by atoms with Gasteiger partial charge in [-0.05, 0) is 52.9 Å². The number of nitrogens with zero attached hydrogens (tertiary/aromatic N) is 3. The molecule has 0 saturated heterocycles. The van der Waals surface area contributed by atoms with Crippen molar-refractivity contribution >= 4 is 55.7 Å². The van der Waals surface area contributed by atoms with Crippen molar-refractivity contribution in [1.82, 2.24) is 5.01 Å². The molecule has 1 unspecified atom stereocenters. The Kier molecular flexibility index (Phi) is 8.32. The van der Waals surface area contributed by atoms with Gasteiger partial charge < -0.3 is 30.8 Å². The third-order valence-corrected chi connectivity index (χ3v) is 7.98. The van der Waals surface area contributed by atoms with Crippen LogP contribution in [0.1, 0.15) is 32.7 Å². The number of hydrogen-bond acceptors (Lipinski definition) is 10. The lowest BCUT2D eigenvalue weighted by Gasteiger charge is -2.30. The van der Waals surface area contributed by atoms with Gasteiger partial charge in [0.2, 0.25) is 0 Å². The van der Waals surface area contributed by atoms with Crippen LogP contribution in [0.15, 0.2) is 93.8 Å². The molecular weight excluding hydrogens is 624 g/mol. The molecule has 1 heterocycles. The number of hydrogen-bond donors (Lipinski definition) is 7. The van der Waals surface area contributed by atoms with E-state index in [0.29, 0.717) is 11.3 Å². The quantitative estimate of drug-likeness (QED) is 0.118. The molecule has 236 valence electrons. The van der Waals surface area contributed by atoms with Crippen molar-refractivity contribution in [1.29, 1.82) is 0 Å². The first kappa shape index (κ1) is 31.4. The maximum Gasteiger partial charge on any atom is 0.339 e. The summed E-state index contributed by atoms with van der Waals surface area (Å²) >= 11 is 0. The SMILES string of the molecule is O=C(O)CCNc1ccc2cc(S(=O)(=O)O)c(N=NN3C=CC(c4cc(C(=O)O)cc(C(=O)O)c4O)=C4C=CC=CC43)c(O)c2c1. The van der Waals surface area contributed by atoms with Crippen molar-refractivity contribution in [2.24, 2.45) is 10.3 Å². The first-order chi connectivity index (χ1) is 21.8. The monoisotopic (exact) mass is 648 g/mol. The minimum absolute atomic E-state index is 0.0707. The van der Waals surface area contributed by atoms with Crippen LogP contribution in [-0.2, 0) is 14.9 Å². The van der Waals surface area contributed by atoms with Gasteiger partial charge in [-0.3, -0.25) is 9.35 Å². The molecule has 1 atom stereocenters. The van der Waals surface area contributed by atoms with E-state index < -0.39 is 61.7 Å². The average molecular weight is 649 g/mol. The van der Waals surface area contributed by atoms with Crippen molar-refractivity contribution in [3.8, 4) is 11.5 Å². The molecule has 0 bridgehead atoms. The van der Waals surface area contributed by atoms with Gasteiger partial charge in [0.15, 0.2) is 11.4 Å². The lowest BCUT2D eigenvalue weighted by atomic mass is 9.87. The Labute approximate surface area is 259 Å². The second-order valence-corrected chi connectivity index (χ2v) is 11.4. The number of anilines is 1. The number of rotatable bonds is 10. The van der Waals surface area contributed by atoms with Gasteiger partial charge in [0, 0.05) is 29.4 Å². The largest absolute Gasteiger partial charge is 0.506 e. The molecule has 0 amide bonds. The standard InChI is InChI=1S/C30H24N4O11S/c35-25(36)7-9-31-17-6-5-15-13-24(46(43,44)45)26(28(38)20(15)14-17)32-33-34-10-8-18(19-3-1-2-4-23(19)34)21-11-16(29(39)40)12-22(27(21)37)30(41)42/h1-6,8,10-14,23,31,37-38H,7,9H2,(H,35,36)(H,39,40)(H,41,42)(H,43,44,45). The number of nitrogens with one attached hydrogen (secondary N) is 1. The summed E-state index contributed by atoms with van der Waals surface area (Å²) in [5.41, 5.74) is -0.508. The molecule has 0 saturated carbocycles. The molecule has 0 aromatic heterocycles. The Balaban J connectivity index is 1.57. The molecule has 5 rings (SSSR count). The molecule has 0 fully saturated rings. The van der Waals surface area contributed by atoms with Gasteiger partial charge in [-0.2, -0.15) is 8.42 Å². The van der Waals surface area contributed by atoms with Gasteiger partial charge in [0.25, 0.3) is 10.1 Å². The van der Waals surface area contributed by atoms with Crippen LogP contribution in [0.3, 0.4) is 0 Å². The zero-order valence-electron chi connectivity index (χ0n) is 23.4. The number of carboxylic acids is 3. The molecule has 15 nitrogen and oxygen atoms in total. The molecule has 0 radical (unpaired) electrons. The summed E-state index contributed by atoms with van der Waals surface area (Å²) in [6, 6.07) is 6.75. The molecule has 16 heteroatoms. The molecule has 3 aromatic carbocycles. The van der Waals surface area contributed by atoms with Gasteiger partial charge in [0.05, 0.1) is 18.0 Å². The van der Waals surface area contributed by atoms with Crippen LogP contribution < -0.4 is 5.32 Å². The number of fused-ring (bicyclic) bond motifs is 2. The summed E-state index contributed by atoms with van der Waals surface area (Å²) in [5.74, 6) is -5.26. The first-order valence-corrected chi connectivity index (χ1v) is 14.7. The fourth-order valence-electron chi connectivity index (χ4n) is 4.96. The third-order valence-electron chi connectivity index (χ3n) is 7.11. The highest BCUT2D eigenvalue weighted by Gasteiger charge is 2.29. The van der Waals surface area contributed by atoms with Crippen LogP contribution in [0, 0.1) is 0 Å². The molecule has 2 aliphatic rings. The lowest BCUT2D eigenvalue weighted by Crippen LogP contribution is -2.29. The highest BCUT2D eigenvalue weighted by atomic mass is 32.2. The van der Waals surface area contributed by atoms with Crippen LogP contribution in [0.5, 0.6) is 11.5 Å². The van der Waals surface area contributed by atoms with Gasteiger partial charge in [-0.1, -0.05) is 35.6 Å². The van der Waals surface area contributed by atoms with Gasteiger partial charge in [0.1, 0.15) is 16.2 Å². The molecule has 1 aliphatic heterocycles. The van der Waals surface area contributed by atoms with Gasteiger partial charge >= 0.3 is 17.9 Å². The van der Waals surface area contributed by atoms with Crippen molar-refractivity contribution in [2.45, 2.75) is 17.4 Å². The normalized spacial score (nSPS) is 15.8. The highest BCUT2D eigenvalue weighted by Crippen LogP contribution is 2.43. The summed E-state index contributed by atoms with van der Waals surface area (Å²) in [5, 5.41) is 62.4. The van der Waals surface area contributed by atoms with E-state index in [1.54, 1.807) is 24.3 Å². The Morgan fingerprint density at radius 1 is 0.935 bits per heavy atom. The fraction of sp³-hybridized carbons (Fsp3) is 0.100. The Morgan fingerprint density at radius 2 is 1.70 bits per heavy atom. The number of carboxylic acid groups (broad SMARTS) is 3. The van der Waals surface area contributed by atoms with Crippen molar-refractivity contribution < 1.29 is 52.9 Å². The van der Waals surface area contributed by atoms with E-state index in [0.717, 1.165) is 18.2 Å². The number of aliphatic carboxylic acids is 1. The summed E-state index contributed by atoms with van der Waals surface area (Å²) in [6.07, 6.45) is 9.16. The van der Waals surface area contributed by atoms with Crippen LogP contribution in [-0.4, -0.2) is 74.0 Å². The number of phenolic OH excluding ortho intramolecular Hbond substituents is 1. The zero-order valence-corrected chi connectivity index (χ0v) is 24.2. The number of aromatic hydroxyl groups is 2. The van der Waals surface area contributed by atoms with E-state index in [4.69, 9.17) is 5.11 Å². The number of benzene rings is 3. The van der Waals surface area contributed by atoms with Crippen LogP contribution in [0.4, 0.5) is 11.4 Å². The van der Waals surface area contributed by atoms with Gasteiger partial charge in [-0.15, -0.1) is 5.11 Å². The predicted molar refractivity (Wildman–Crippen MR) is 163 cm³/mol. The fourth-order valence-corrected chi connectivity index (χ4v) is 5.62. The highest BCUT2D eigenvalue weighted by molar-refractivity contribution is 7.86. The molecule has 46 heavy (non-hydrogen) atoms. The minimum atomic E-state index is -4.92. The summed E-state index contributed by atoms with van der Waals surface area (Å²) < 4.78 is 34.5. The van der Waals surface area contributed by atoms with Crippen molar-refractivity contribution in [3.05, 3.63) is 95.2 Å². The number of carbonyl (C=O) groups is 3. The van der Waals surface area contributed by atoms with E-state index in [1.165, 1.54) is 35.5 Å². The molecular formula is C30H24N4O11S. The number of allylic oxidation sites excluding steroid dienone is 4. The molecule has 3 aromatic rings. The Hall–Kier alpha value is -6.00. The van der Waals surface area contributed by atoms with Gasteiger partial charge in [-0.25, -0.2) is 14.6 Å². The van der Waals surface area contributed by atoms with E-state index in [2.05, 4.69) is 15.7 Å². The second kappa shape index (κ2) is 12.2. The summed E-state index contributed by atoms with van der Waals surface area (Å²) in [4.78, 5) is 33.5. The van der Waals surface area contributed by atoms with Crippen molar-refractivity contribution in [2.75, 3.05) is 11.9 Å². The molecule has 0 spiro atoms. The Bertz CT molecular complexity index is 2080.